The molecule has 1 aliphatic heterocycles. The van der Waals surface area contributed by atoms with Crippen molar-refractivity contribution in [1.82, 2.24) is 4.90 Å². The summed E-state index contributed by atoms with van der Waals surface area (Å²) >= 11 is 0. The number of carboxylic acids is 1. The summed E-state index contributed by atoms with van der Waals surface area (Å²) in [6.45, 7) is 0.948. The van der Waals surface area contributed by atoms with Crippen LogP contribution in [0.2, 0.25) is 0 Å². The van der Waals surface area contributed by atoms with Gasteiger partial charge in [-0.2, -0.15) is 0 Å². The molecule has 2 fully saturated rings. The molecule has 4 heteroatoms. The Labute approximate surface area is 84.3 Å². The summed E-state index contributed by atoms with van der Waals surface area (Å²) in [4.78, 5) is 12.4. The zero-order valence-electron chi connectivity index (χ0n) is 7.62. The Morgan fingerprint density at radius 2 is 2.08 bits per heavy atom. The fourth-order valence-corrected chi connectivity index (χ4v) is 2.02. The van der Waals surface area contributed by atoms with Gasteiger partial charge in [0, 0.05) is 6.54 Å². The Kier molecular flexibility index (Phi) is 2.87. The van der Waals surface area contributed by atoms with Crippen molar-refractivity contribution in [3.63, 3.8) is 0 Å². The van der Waals surface area contributed by atoms with Crippen LogP contribution in [0.15, 0.2) is 0 Å². The first-order chi connectivity index (χ1) is 5.20. The average Bonchev–Trinajstić information content (AvgIpc) is 2.62. The molecule has 1 aliphatic carbocycles. The van der Waals surface area contributed by atoms with Gasteiger partial charge >= 0.3 is 18.9 Å². The van der Waals surface area contributed by atoms with Gasteiger partial charge in [0.05, 0.1) is 12.0 Å². The number of likely N-dealkylation sites (tertiary alicyclic amines) is 1. The zero-order chi connectivity index (χ0) is 8.01. The van der Waals surface area contributed by atoms with E-state index in [1.807, 2.05) is 11.9 Å². The zero-order valence-corrected chi connectivity index (χ0v) is 7.62. The van der Waals surface area contributed by atoms with Gasteiger partial charge in [-0.1, -0.05) is 0 Å². The van der Waals surface area contributed by atoms with Gasteiger partial charge in [-0.15, -0.1) is 0 Å². The van der Waals surface area contributed by atoms with Gasteiger partial charge < -0.3 is 9.90 Å². The van der Waals surface area contributed by atoms with Crippen LogP contribution in [-0.4, -0.2) is 30.5 Å². The number of likely N-dealkylation sites (N-methyl/N-ethyl adjacent to an activating group) is 1. The predicted molar refractivity (Wildman–Crippen MR) is 37.6 cm³/mol. The third-order valence-corrected chi connectivity index (χ3v) is 2.85. The van der Waals surface area contributed by atoms with Crippen molar-refractivity contribution in [2.45, 2.75) is 18.9 Å². The Bertz CT molecular complexity index is 193. The molecule has 0 amide bonds. The molecule has 12 heavy (non-hydrogen) atoms. The van der Waals surface area contributed by atoms with Crippen LogP contribution in [0.1, 0.15) is 12.8 Å². The van der Waals surface area contributed by atoms with Crippen LogP contribution in [0.3, 0.4) is 0 Å². The van der Waals surface area contributed by atoms with E-state index in [2.05, 4.69) is 0 Å². The Hall–Kier alpha value is 0.0274. The van der Waals surface area contributed by atoms with E-state index in [0.29, 0.717) is 11.8 Å². The van der Waals surface area contributed by atoms with Crippen molar-refractivity contribution in [2.75, 3.05) is 13.6 Å². The Morgan fingerprint density at radius 1 is 1.50 bits per heavy atom. The van der Waals surface area contributed by atoms with Gasteiger partial charge in [0.15, 0.2) is 0 Å². The van der Waals surface area contributed by atoms with Gasteiger partial charge in [0.1, 0.15) is 0 Å². The topological polar surface area (TPSA) is 43.4 Å². The van der Waals surface area contributed by atoms with E-state index < -0.39 is 5.97 Å². The maximum atomic E-state index is 10.6. The summed E-state index contributed by atoms with van der Waals surface area (Å²) in [7, 11) is 1.85. The molecule has 2 aliphatic rings. The van der Waals surface area contributed by atoms with Crippen LogP contribution >= 0.6 is 0 Å². The largest absolute Gasteiger partial charge is 1.00 e. The molecule has 1 saturated carbocycles. The van der Waals surface area contributed by atoms with E-state index in [4.69, 9.17) is 0 Å². The first kappa shape index (κ1) is 10.1. The molecule has 0 spiro atoms. The van der Waals surface area contributed by atoms with E-state index >= 15 is 0 Å². The summed E-state index contributed by atoms with van der Waals surface area (Å²) in [6.07, 6.45) is 2.45. The Morgan fingerprint density at radius 3 is 2.42 bits per heavy atom. The van der Waals surface area contributed by atoms with Crippen molar-refractivity contribution in [2.24, 2.45) is 11.8 Å². The van der Waals surface area contributed by atoms with Gasteiger partial charge in [-0.25, -0.2) is 0 Å². The summed E-state index contributed by atoms with van der Waals surface area (Å²) in [5.74, 6) is 0.190. The first-order valence-electron chi connectivity index (χ1n) is 4.11. The van der Waals surface area contributed by atoms with E-state index in [0.717, 1.165) is 6.54 Å². The summed E-state index contributed by atoms with van der Waals surface area (Å²) in [5, 5.41) is 10.6. The normalized spacial score (nSPS) is 35.1. The van der Waals surface area contributed by atoms with Crippen LogP contribution in [-0.2, 0) is 4.79 Å². The summed E-state index contributed by atoms with van der Waals surface area (Å²) in [5.41, 5.74) is 0. The second-order valence-electron chi connectivity index (χ2n) is 3.70. The third kappa shape index (κ3) is 1.54. The number of nitrogens with zero attached hydrogens (tertiary/aromatic N) is 1. The van der Waals surface area contributed by atoms with Crippen LogP contribution in [0.25, 0.3) is 0 Å². The van der Waals surface area contributed by atoms with Crippen molar-refractivity contribution < 1.29 is 28.8 Å². The molecule has 0 bridgehead atoms. The predicted octanol–water partition coefficient (Wildman–Crippen LogP) is -3.92. The van der Waals surface area contributed by atoms with Crippen molar-refractivity contribution in [3.05, 3.63) is 0 Å². The molecule has 1 saturated heterocycles. The van der Waals surface area contributed by atoms with Crippen molar-refractivity contribution in [3.8, 4) is 0 Å². The maximum absolute atomic E-state index is 10.6. The molecule has 1 heterocycles. The number of carbonyl (C=O) groups is 1. The molecule has 0 aromatic heterocycles. The summed E-state index contributed by atoms with van der Waals surface area (Å²) < 4.78 is 0. The van der Waals surface area contributed by atoms with E-state index in [9.17, 15) is 9.90 Å². The van der Waals surface area contributed by atoms with Gasteiger partial charge in [0.2, 0.25) is 0 Å². The Balaban J connectivity index is 0.000000720. The molecular weight excluding hydrogens is 149 g/mol. The maximum Gasteiger partial charge on any atom is 1.00 e. The quantitative estimate of drug-likeness (QED) is 0.389. The monoisotopic (exact) mass is 161 g/mol. The van der Waals surface area contributed by atoms with Gasteiger partial charge in [-0.05, 0) is 31.7 Å². The second-order valence-corrected chi connectivity index (χ2v) is 3.70. The number of hydrogen-bond donors (Lipinski definition) is 0. The molecule has 0 N–H and O–H groups in total. The molecule has 0 radical (unpaired) electrons. The molecular formula is C8H12LiNO2. The second kappa shape index (κ2) is 3.41. The fraction of sp³-hybridized carbons (Fsp3) is 0.875. The minimum absolute atomic E-state index is 0. The number of carboxylic acid groups (broad SMARTS) is 1. The molecule has 0 aromatic rings. The smallest absolute Gasteiger partial charge is 0.548 e. The van der Waals surface area contributed by atoms with E-state index in [1.54, 1.807) is 0 Å². The summed E-state index contributed by atoms with van der Waals surface area (Å²) in [6, 6.07) is -0.289. The van der Waals surface area contributed by atoms with Crippen LogP contribution in [0.5, 0.6) is 0 Å². The standard InChI is InChI=1S/C8H13NO2.Li/c1-9-4-6(5-2-3-5)7(9)8(10)11;/h5-7H,2-4H2,1H3,(H,10,11);/q;+1/p-1/t6-,7+;/m0./s1. The molecule has 0 unspecified atom stereocenters. The van der Waals surface area contributed by atoms with Gasteiger partial charge in [-0.3, -0.25) is 4.90 Å². The van der Waals surface area contributed by atoms with Crippen molar-refractivity contribution >= 4 is 5.97 Å². The van der Waals surface area contributed by atoms with Crippen molar-refractivity contribution in [1.29, 1.82) is 0 Å². The average molecular weight is 161 g/mol. The number of carbonyl (C=O) groups excluding carboxylic acids is 1. The molecule has 0 aromatic carbocycles. The molecule has 62 valence electrons. The minimum atomic E-state index is -0.893. The van der Waals surface area contributed by atoms with E-state index in [1.165, 1.54) is 12.8 Å². The molecule has 2 atom stereocenters. The number of hydrogen-bond acceptors (Lipinski definition) is 3. The fourth-order valence-electron chi connectivity index (χ4n) is 2.02. The van der Waals surface area contributed by atoms with Crippen LogP contribution in [0.4, 0.5) is 0 Å². The van der Waals surface area contributed by atoms with E-state index in [-0.39, 0.29) is 24.9 Å². The number of aliphatic carboxylic acids is 1. The molecule has 2 rings (SSSR count). The third-order valence-electron chi connectivity index (χ3n) is 2.85. The SMILES string of the molecule is CN1C[C@@H](C2CC2)[C@@H]1C(=O)[O-].[Li+]. The van der Waals surface area contributed by atoms with Gasteiger partial charge in [0.25, 0.3) is 0 Å². The van der Waals surface area contributed by atoms with Crippen LogP contribution in [0, 0.1) is 11.8 Å². The number of rotatable bonds is 2. The molecule has 3 nitrogen and oxygen atoms in total. The minimum Gasteiger partial charge on any atom is -0.548 e. The van der Waals surface area contributed by atoms with Crippen LogP contribution < -0.4 is 24.0 Å². The first-order valence-corrected chi connectivity index (χ1v) is 4.11.